The molecule has 0 saturated carbocycles. The Kier molecular flexibility index (Phi) is 4.32. The van der Waals surface area contributed by atoms with Crippen LogP contribution in [-0.2, 0) is 6.18 Å². The maximum absolute atomic E-state index is 14.1. The highest BCUT2D eigenvalue weighted by molar-refractivity contribution is 6.12. The van der Waals surface area contributed by atoms with E-state index in [-0.39, 0.29) is 16.9 Å². The summed E-state index contributed by atoms with van der Waals surface area (Å²) in [6, 6.07) is 9.74. The Hall–Kier alpha value is -3.79. The first-order chi connectivity index (χ1) is 17.0. The highest BCUT2D eigenvalue weighted by Crippen LogP contribution is 2.42. The zero-order valence-corrected chi connectivity index (χ0v) is 18.5. The highest BCUT2D eigenvalue weighted by atomic mass is 19.4. The molecule has 2 fully saturated rings. The van der Waals surface area contributed by atoms with E-state index in [1.165, 1.54) is 6.20 Å². The van der Waals surface area contributed by atoms with Gasteiger partial charge >= 0.3 is 6.18 Å². The van der Waals surface area contributed by atoms with Gasteiger partial charge in [0.05, 0.1) is 22.7 Å². The van der Waals surface area contributed by atoms with E-state index < -0.39 is 11.7 Å². The molecule has 0 aliphatic carbocycles. The number of benzene rings is 1. The number of aromatic amines is 1. The number of hydrogen-bond acceptors (Lipinski definition) is 6. The number of pyridine rings is 2. The lowest BCUT2D eigenvalue weighted by Gasteiger charge is -2.27. The Balaban J connectivity index is 1.53. The van der Waals surface area contributed by atoms with Gasteiger partial charge in [-0.15, -0.1) is 0 Å². The summed E-state index contributed by atoms with van der Waals surface area (Å²) in [6.45, 7) is 2.24. The summed E-state index contributed by atoms with van der Waals surface area (Å²) < 4.78 is 42.2. The van der Waals surface area contributed by atoms with Gasteiger partial charge in [-0.1, -0.05) is 18.2 Å². The Bertz CT molecular complexity index is 1610. The van der Waals surface area contributed by atoms with E-state index >= 15 is 0 Å². The fourth-order valence-electron chi connectivity index (χ4n) is 5.67. The van der Waals surface area contributed by atoms with Crippen molar-refractivity contribution in [3.63, 3.8) is 0 Å². The Labute approximate surface area is 197 Å². The van der Waals surface area contributed by atoms with Crippen LogP contribution in [0.3, 0.4) is 0 Å². The average Bonchev–Trinajstić information content (AvgIpc) is 3.56. The summed E-state index contributed by atoms with van der Waals surface area (Å²) in [4.78, 5) is 23.2. The predicted molar refractivity (Wildman–Crippen MR) is 127 cm³/mol. The van der Waals surface area contributed by atoms with Crippen LogP contribution in [0.2, 0.25) is 0 Å². The number of H-pyrrole nitrogens is 1. The molecule has 2 N–H and O–H groups in total. The topological polar surface area (TPSA) is 82.6 Å². The Morgan fingerprint density at radius 3 is 2.77 bits per heavy atom. The molecule has 10 heteroatoms. The van der Waals surface area contributed by atoms with E-state index in [2.05, 4.69) is 25.3 Å². The van der Waals surface area contributed by atoms with Crippen LogP contribution < -0.4 is 10.2 Å². The van der Waals surface area contributed by atoms with Crippen molar-refractivity contribution < 1.29 is 13.2 Å². The fourth-order valence-corrected chi connectivity index (χ4v) is 5.67. The lowest BCUT2D eigenvalue weighted by atomic mass is 10.0. The average molecular weight is 475 g/mol. The predicted octanol–water partition coefficient (Wildman–Crippen LogP) is 4.54. The molecule has 4 aromatic heterocycles. The molecule has 7 rings (SSSR count). The van der Waals surface area contributed by atoms with Crippen LogP contribution in [-0.4, -0.2) is 50.6 Å². The van der Waals surface area contributed by atoms with Crippen molar-refractivity contribution in [1.82, 2.24) is 30.2 Å². The minimum Gasteiger partial charge on any atom is -0.351 e. The Morgan fingerprint density at radius 2 is 1.89 bits per heavy atom. The van der Waals surface area contributed by atoms with E-state index in [0.717, 1.165) is 42.0 Å². The SMILES string of the molecule is FC(F)(F)c1cncc2nc(-c3ccnc4[nH]c5ccccc5c34)nc(N3CC[C@@H]4CNC[C@@H]43)c12. The van der Waals surface area contributed by atoms with Gasteiger partial charge in [-0.3, -0.25) is 4.98 Å². The summed E-state index contributed by atoms with van der Waals surface area (Å²) in [5.41, 5.74) is 1.69. The molecule has 0 radical (unpaired) electrons. The number of rotatable bonds is 2. The molecule has 0 amide bonds. The van der Waals surface area contributed by atoms with Crippen LogP contribution in [0.1, 0.15) is 12.0 Å². The monoisotopic (exact) mass is 475 g/mol. The number of nitrogens with one attached hydrogen (secondary N) is 2. The largest absolute Gasteiger partial charge is 0.418 e. The minimum absolute atomic E-state index is 0.00743. The summed E-state index contributed by atoms with van der Waals surface area (Å²) in [5.74, 6) is 1.07. The van der Waals surface area contributed by atoms with Gasteiger partial charge in [0.2, 0.25) is 0 Å². The second-order valence-electron chi connectivity index (χ2n) is 9.17. The van der Waals surface area contributed by atoms with E-state index in [1.807, 2.05) is 35.2 Å². The first kappa shape index (κ1) is 20.6. The van der Waals surface area contributed by atoms with Crippen LogP contribution in [0.4, 0.5) is 19.0 Å². The molecular formula is C25H20F3N7. The number of halogens is 3. The first-order valence-electron chi connectivity index (χ1n) is 11.5. The number of para-hydroxylation sites is 1. The molecule has 2 saturated heterocycles. The van der Waals surface area contributed by atoms with E-state index in [9.17, 15) is 13.2 Å². The third-order valence-electron chi connectivity index (χ3n) is 7.25. The molecule has 0 spiro atoms. The standard InChI is InChI=1S/C25H20F3N7/c26-25(27,28)16-10-30-11-18-21(16)24(35-8-6-13-9-29-12-19(13)35)34-22(33-18)15-5-7-31-23-20(15)14-3-1-2-4-17(14)32-23/h1-5,7,10-11,13,19,29H,6,8-9,12H2,(H,31,32)/t13-,19+/m1/s1. The lowest BCUT2D eigenvalue weighted by molar-refractivity contribution is -0.136. The first-order valence-corrected chi connectivity index (χ1v) is 11.5. The summed E-state index contributed by atoms with van der Waals surface area (Å²) in [7, 11) is 0. The molecule has 7 nitrogen and oxygen atoms in total. The zero-order valence-electron chi connectivity index (χ0n) is 18.5. The van der Waals surface area contributed by atoms with Gasteiger partial charge in [-0.05, 0) is 24.5 Å². The van der Waals surface area contributed by atoms with Gasteiger partial charge in [0.15, 0.2) is 5.82 Å². The third-order valence-corrected chi connectivity index (χ3v) is 7.25. The summed E-state index contributed by atoms with van der Waals surface area (Å²) >= 11 is 0. The maximum Gasteiger partial charge on any atom is 0.418 e. The summed E-state index contributed by atoms with van der Waals surface area (Å²) in [5, 5.41) is 5.18. The van der Waals surface area contributed by atoms with E-state index in [4.69, 9.17) is 4.98 Å². The number of alkyl halides is 3. The molecule has 5 aromatic rings. The van der Waals surface area contributed by atoms with Crippen LogP contribution in [0, 0.1) is 5.92 Å². The smallest absolute Gasteiger partial charge is 0.351 e. The fraction of sp³-hybridized carbons (Fsp3) is 0.280. The van der Waals surface area contributed by atoms with E-state index in [1.54, 1.807) is 6.20 Å². The molecular weight excluding hydrogens is 455 g/mol. The zero-order chi connectivity index (χ0) is 23.7. The summed E-state index contributed by atoms with van der Waals surface area (Å²) in [6.07, 6.45) is 0.275. The molecule has 2 aliphatic heterocycles. The normalized spacial score (nSPS) is 20.4. The lowest BCUT2D eigenvalue weighted by Crippen LogP contribution is -2.35. The van der Waals surface area contributed by atoms with Crippen LogP contribution in [0.5, 0.6) is 0 Å². The van der Waals surface area contributed by atoms with Gasteiger partial charge < -0.3 is 15.2 Å². The highest BCUT2D eigenvalue weighted by Gasteiger charge is 2.41. The van der Waals surface area contributed by atoms with Gasteiger partial charge in [0.25, 0.3) is 0 Å². The van der Waals surface area contributed by atoms with Crippen LogP contribution in [0.25, 0.3) is 44.2 Å². The molecule has 176 valence electrons. The van der Waals surface area contributed by atoms with Gasteiger partial charge in [0.1, 0.15) is 11.5 Å². The molecule has 1 aromatic carbocycles. The second kappa shape index (κ2) is 7.35. The van der Waals surface area contributed by atoms with Gasteiger partial charge in [0, 0.05) is 59.9 Å². The number of hydrogen-bond donors (Lipinski definition) is 2. The molecule has 6 heterocycles. The quantitative estimate of drug-likeness (QED) is 0.390. The third kappa shape index (κ3) is 3.09. The molecule has 0 bridgehead atoms. The molecule has 2 atom stereocenters. The van der Waals surface area contributed by atoms with Crippen LogP contribution in [0.15, 0.2) is 48.9 Å². The molecule has 0 unspecified atom stereocenters. The second-order valence-corrected chi connectivity index (χ2v) is 9.17. The van der Waals surface area contributed by atoms with Crippen molar-refractivity contribution in [3.05, 3.63) is 54.5 Å². The van der Waals surface area contributed by atoms with Gasteiger partial charge in [-0.25, -0.2) is 15.0 Å². The van der Waals surface area contributed by atoms with Crippen molar-refractivity contribution in [1.29, 1.82) is 0 Å². The minimum atomic E-state index is -4.57. The van der Waals surface area contributed by atoms with Gasteiger partial charge in [-0.2, -0.15) is 13.2 Å². The Morgan fingerprint density at radius 1 is 1.00 bits per heavy atom. The van der Waals surface area contributed by atoms with Crippen molar-refractivity contribution >= 4 is 38.7 Å². The van der Waals surface area contributed by atoms with Crippen LogP contribution >= 0.6 is 0 Å². The number of anilines is 1. The van der Waals surface area contributed by atoms with Crippen molar-refractivity contribution in [3.8, 4) is 11.4 Å². The maximum atomic E-state index is 14.1. The van der Waals surface area contributed by atoms with Crippen molar-refractivity contribution in [2.24, 2.45) is 5.92 Å². The number of aromatic nitrogens is 5. The van der Waals surface area contributed by atoms with E-state index in [0.29, 0.717) is 35.3 Å². The molecule has 35 heavy (non-hydrogen) atoms. The number of nitrogens with zero attached hydrogens (tertiary/aromatic N) is 5. The van der Waals surface area contributed by atoms with Crippen molar-refractivity contribution in [2.75, 3.05) is 24.5 Å². The number of fused-ring (bicyclic) bond motifs is 5. The molecule has 2 aliphatic rings. The van der Waals surface area contributed by atoms with Crippen molar-refractivity contribution in [2.45, 2.75) is 18.6 Å².